The van der Waals surface area contributed by atoms with Crippen molar-refractivity contribution in [2.24, 2.45) is 0 Å². The fraction of sp³-hybridized carbons (Fsp3) is 0.700. The van der Waals surface area contributed by atoms with Crippen molar-refractivity contribution in [1.82, 2.24) is 14.8 Å². The van der Waals surface area contributed by atoms with E-state index in [0.717, 1.165) is 38.4 Å². The Hall–Kier alpha value is -1.66. The molecule has 1 aromatic heterocycles. The maximum Gasteiger partial charge on any atom is 0.354 e. The minimum Gasteiger partial charge on any atom is -0.477 e. The molecule has 0 atom stereocenters. The summed E-state index contributed by atoms with van der Waals surface area (Å²) < 4.78 is 0. The van der Waals surface area contributed by atoms with Gasteiger partial charge in [-0.3, -0.25) is 9.80 Å². The molecule has 0 aromatic carbocycles. The fourth-order valence-corrected chi connectivity index (χ4v) is 4.15. The number of aromatic carboxylic acids is 1. The summed E-state index contributed by atoms with van der Waals surface area (Å²) in [6.45, 7) is 13.3. The molecule has 144 valence electrons. The van der Waals surface area contributed by atoms with Crippen LogP contribution in [0.4, 0.5) is 5.82 Å². The summed E-state index contributed by atoms with van der Waals surface area (Å²) in [5.41, 5.74) is 0.389. The summed E-state index contributed by atoms with van der Waals surface area (Å²) in [7, 11) is 0. The zero-order valence-corrected chi connectivity index (χ0v) is 16.3. The molecule has 0 amide bonds. The van der Waals surface area contributed by atoms with Crippen molar-refractivity contribution in [1.29, 1.82) is 0 Å². The van der Waals surface area contributed by atoms with Gasteiger partial charge in [0.25, 0.3) is 0 Å². The van der Waals surface area contributed by atoms with Gasteiger partial charge >= 0.3 is 5.97 Å². The van der Waals surface area contributed by atoms with Crippen LogP contribution in [0.5, 0.6) is 0 Å². The number of anilines is 1. The van der Waals surface area contributed by atoms with E-state index >= 15 is 0 Å². The lowest BCUT2D eigenvalue weighted by Crippen LogP contribution is -2.51. The van der Waals surface area contributed by atoms with Gasteiger partial charge in [0.2, 0.25) is 0 Å². The summed E-state index contributed by atoms with van der Waals surface area (Å²) in [5, 5.41) is 9.16. The molecular formula is C20H32N4O2. The number of piperidine rings is 1. The van der Waals surface area contributed by atoms with Crippen molar-refractivity contribution >= 4 is 11.8 Å². The summed E-state index contributed by atoms with van der Waals surface area (Å²) in [5.74, 6) is -0.178. The van der Waals surface area contributed by atoms with Crippen LogP contribution in [0, 0.1) is 0 Å². The van der Waals surface area contributed by atoms with Gasteiger partial charge in [0.1, 0.15) is 5.82 Å². The average molecular weight is 361 g/mol. The molecular weight excluding hydrogens is 328 g/mol. The Labute approximate surface area is 156 Å². The van der Waals surface area contributed by atoms with Gasteiger partial charge in [-0.15, -0.1) is 0 Å². The molecule has 0 unspecified atom stereocenters. The third-order valence-electron chi connectivity index (χ3n) is 5.74. The molecule has 0 aliphatic carbocycles. The highest BCUT2D eigenvalue weighted by molar-refractivity contribution is 5.85. The third kappa shape index (κ3) is 4.54. The van der Waals surface area contributed by atoms with E-state index < -0.39 is 5.97 Å². The van der Waals surface area contributed by atoms with Gasteiger partial charge in [-0.05, 0) is 52.2 Å². The van der Waals surface area contributed by atoms with Crippen LogP contribution < -0.4 is 4.90 Å². The van der Waals surface area contributed by atoms with Gasteiger partial charge in [0.15, 0.2) is 5.69 Å². The van der Waals surface area contributed by atoms with Gasteiger partial charge in [-0.25, -0.2) is 9.78 Å². The zero-order valence-electron chi connectivity index (χ0n) is 16.3. The highest BCUT2D eigenvalue weighted by Gasteiger charge is 2.30. The smallest absolute Gasteiger partial charge is 0.354 e. The molecule has 6 heteroatoms. The van der Waals surface area contributed by atoms with Crippen molar-refractivity contribution in [3.63, 3.8) is 0 Å². The van der Waals surface area contributed by atoms with Crippen LogP contribution in [0.1, 0.15) is 50.5 Å². The largest absolute Gasteiger partial charge is 0.477 e. The molecule has 3 rings (SSSR count). The number of pyridine rings is 1. The first-order valence-electron chi connectivity index (χ1n) is 9.79. The minimum absolute atomic E-state index is 0.123. The molecule has 2 saturated heterocycles. The first-order valence-corrected chi connectivity index (χ1v) is 9.79. The predicted octanol–water partition coefficient (Wildman–Crippen LogP) is 2.55. The second-order valence-corrected chi connectivity index (χ2v) is 8.45. The molecule has 0 saturated carbocycles. The van der Waals surface area contributed by atoms with E-state index in [0.29, 0.717) is 6.04 Å². The molecule has 3 heterocycles. The Bertz CT molecular complexity index is 620. The van der Waals surface area contributed by atoms with Crippen LogP contribution in [0.3, 0.4) is 0 Å². The quantitative estimate of drug-likeness (QED) is 0.894. The first kappa shape index (κ1) is 19.1. The number of carboxylic acid groups (broad SMARTS) is 1. The molecule has 0 radical (unpaired) electrons. The Morgan fingerprint density at radius 3 is 2.46 bits per heavy atom. The lowest BCUT2D eigenvalue weighted by Gasteiger charge is -2.43. The number of aromatic nitrogens is 1. The summed E-state index contributed by atoms with van der Waals surface area (Å²) in [6, 6.07) is 5.94. The standard InChI is InChI=1S/C20H32N4O2/c1-20(2,3)24-12-8-16(9-13-24)22-10-5-11-23(15-14-22)18-7-4-6-17(21-18)19(25)26/h4,6-7,16H,5,8-15H2,1-3H3,(H,25,26). The van der Waals surface area contributed by atoms with Crippen LogP contribution in [0.2, 0.25) is 0 Å². The maximum atomic E-state index is 11.2. The summed E-state index contributed by atoms with van der Waals surface area (Å²) in [6.07, 6.45) is 3.58. The van der Waals surface area contributed by atoms with E-state index in [9.17, 15) is 4.79 Å². The highest BCUT2D eigenvalue weighted by Crippen LogP contribution is 2.24. The SMILES string of the molecule is CC(C)(C)N1CCC(N2CCCN(c3cccc(C(=O)O)n3)CC2)CC1. The monoisotopic (exact) mass is 360 g/mol. The van der Waals surface area contributed by atoms with Crippen molar-refractivity contribution in [3.8, 4) is 0 Å². The van der Waals surface area contributed by atoms with Crippen molar-refractivity contribution in [2.75, 3.05) is 44.2 Å². The van der Waals surface area contributed by atoms with Gasteiger partial charge < -0.3 is 10.0 Å². The second kappa shape index (κ2) is 7.92. The van der Waals surface area contributed by atoms with Crippen LogP contribution in [-0.4, -0.2) is 76.7 Å². The van der Waals surface area contributed by atoms with Gasteiger partial charge in [0, 0.05) is 50.8 Å². The molecule has 1 aromatic rings. The first-order chi connectivity index (χ1) is 12.3. The van der Waals surface area contributed by atoms with Crippen molar-refractivity contribution in [3.05, 3.63) is 23.9 Å². The van der Waals surface area contributed by atoms with Crippen molar-refractivity contribution in [2.45, 2.75) is 51.6 Å². The molecule has 1 N–H and O–H groups in total. The number of carbonyl (C=O) groups is 1. The van der Waals surface area contributed by atoms with E-state index in [2.05, 4.69) is 40.5 Å². The third-order valence-corrected chi connectivity index (χ3v) is 5.74. The Morgan fingerprint density at radius 2 is 1.81 bits per heavy atom. The molecule has 2 aliphatic heterocycles. The number of likely N-dealkylation sites (tertiary alicyclic amines) is 1. The van der Waals surface area contributed by atoms with Crippen LogP contribution in [0.25, 0.3) is 0 Å². The lowest BCUT2D eigenvalue weighted by atomic mass is 9.97. The Morgan fingerprint density at radius 1 is 1.08 bits per heavy atom. The summed E-state index contributed by atoms with van der Waals surface area (Å²) >= 11 is 0. The number of hydrogen-bond donors (Lipinski definition) is 1. The summed E-state index contributed by atoms with van der Waals surface area (Å²) in [4.78, 5) is 22.9. The fourth-order valence-electron chi connectivity index (χ4n) is 4.15. The predicted molar refractivity (Wildman–Crippen MR) is 104 cm³/mol. The molecule has 0 spiro atoms. The Balaban J connectivity index is 1.57. The topological polar surface area (TPSA) is 59.9 Å². The van der Waals surface area contributed by atoms with E-state index in [4.69, 9.17) is 5.11 Å². The molecule has 2 aliphatic rings. The number of nitrogens with zero attached hydrogens (tertiary/aromatic N) is 4. The molecule has 6 nitrogen and oxygen atoms in total. The molecule has 2 fully saturated rings. The van der Waals surface area contributed by atoms with E-state index in [1.165, 1.54) is 25.9 Å². The molecule has 26 heavy (non-hydrogen) atoms. The Kier molecular flexibility index (Phi) is 5.82. The average Bonchev–Trinajstić information content (AvgIpc) is 2.87. The minimum atomic E-state index is -0.964. The normalized spacial score (nSPS) is 21.6. The van der Waals surface area contributed by atoms with E-state index in [1.807, 2.05) is 6.07 Å². The zero-order chi connectivity index (χ0) is 18.7. The van der Waals surface area contributed by atoms with Crippen LogP contribution in [-0.2, 0) is 0 Å². The van der Waals surface area contributed by atoms with Gasteiger partial charge in [-0.1, -0.05) is 6.07 Å². The number of carboxylic acids is 1. The lowest BCUT2D eigenvalue weighted by molar-refractivity contribution is 0.0589. The van der Waals surface area contributed by atoms with E-state index in [-0.39, 0.29) is 11.2 Å². The molecule has 0 bridgehead atoms. The highest BCUT2D eigenvalue weighted by atomic mass is 16.4. The van der Waals surface area contributed by atoms with Gasteiger partial charge in [0.05, 0.1) is 0 Å². The van der Waals surface area contributed by atoms with Crippen molar-refractivity contribution < 1.29 is 9.90 Å². The van der Waals surface area contributed by atoms with Crippen LogP contribution in [0.15, 0.2) is 18.2 Å². The van der Waals surface area contributed by atoms with E-state index in [1.54, 1.807) is 12.1 Å². The van der Waals surface area contributed by atoms with Gasteiger partial charge in [-0.2, -0.15) is 0 Å². The second-order valence-electron chi connectivity index (χ2n) is 8.45. The number of rotatable bonds is 3. The number of hydrogen-bond acceptors (Lipinski definition) is 5. The van der Waals surface area contributed by atoms with Crippen LogP contribution >= 0.6 is 0 Å². The maximum absolute atomic E-state index is 11.2.